The van der Waals surface area contributed by atoms with Gasteiger partial charge in [0.25, 0.3) is 0 Å². The number of alkyl halides is 19. The molecule has 0 saturated carbocycles. The first kappa shape index (κ1) is 28.3. The molecule has 0 unspecified atom stereocenters. The molecule has 0 aliphatic rings. The average molecular weight is 500 g/mol. The number of halogens is 20. The van der Waals surface area contributed by atoms with Gasteiger partial charge >= 0.3 is 42.7 Å². The molecule has 30 heavy (non-hydrogen) atoms. The molecule has 0 rings (SSSR count). The summed E-state index contributed by atoms with van der Waals surface area (Å²) >= 11 is 0. The second kappa shape index (κ2) is 6.92. The molecule has 0 N–H and O–H groups in total. The van der Waals surface area contributed by atoms with Crippen LogP contribution in [0.15, 0.2) is 11.4 Å². The molecule has 0 aromatic carbocycles. The number of hydrogen-bond acceptors (Lipinski definition) is 0. The van der Waals surface area contributed by atoms with Crippen LogP contribution in [0.3, 0.4) is 0 Å². The maximum Gasteiger partial charge on any atom is 0.454 e. The molecule has 0 aliphatic heterocycles. The molecule has 20 heteroatoms. The normalized spacial score (nSPS) is 17.2. The van der Waals surface area contributed by atoms with E-state index in [9.17, 15) is 87.8 Å². The lowest BCUT2D eigenvalue weighted by Gasteiger charge is -2.47. The highest BCUT2D eigenvalue weighted by Crippen LogP contribution is 2.72. The zero-order chi connectivity index (χ0) is 25.2. The van der Waals surface area contributed by atoms with Crippen molar-refractivity contribution in [3.05, 3.63) is 11.4 Å². The van der Waals surface area contributed by atoms with Gasteiger partial charge < -0.3 is 0 Å². The van der Waals surface area contributed by atoms with E-state index in [1.807, 2.05) is 0 Å². The standard InChI is InChI=1S/C10F20/c11-2(5(15,16)17)1(4(12,13)14)3(8(22,23)24,6(18,19)9(25,26)27)7(20,21)10(28,29)30. The van der Waals surface area contributed by atoms with Gasteiger partial charge in [-0.15, -0.1) is 0 Å². The summed E-state index contributed by atoms with van der Waals surface area (Å²) in [4.78, 5) is 0. The third-order valence-corrected chi connectivity index (χ3v) is 3.21. The highest BCUT2D eigenvalue weighted by Gasteiger charge is 2.96. The van der Waals surface area contributed by atoms with E-state index in [0.717, 1.165) is 0 Å². The van der Waals surface area contributed by atoms with Crippen LogP contribution in [0.4, 0.5) is 87.8 Å². The molecule has 0 heterocycles. The molecule has 0 saturated heterocycles. The molecule has 0 radical (unpaired) electrons. The van der Waals surface area contributed by atoms with Gasteiger partial charge in [-0.2, -0.15) is 83.4 Å². The van der Waals surface area contributed by atoms with E-state index in [1.165, 1.54) is 0 Å². The van der Waals surface area contributed by atoms with E-state index in [0.29, 0.717) is 0 Å². The first-order chi connectivity index (χ1) is 12.5. The summed E-state index contributed by atoms with van der Waals surface area (Å²) in [5.41, 5.74) is -15.4. The van der Waals surface area contributed by atoms with Gasteiger partial charge in [0.1, 0.15) is 5.57 Å². The van der Waals surface area contributed by atoms with Crippen LogP contribution in [0, 0.1) is 5.41 Å². The molecular formula is C10F20. The quantitative estimate of drug-likeness (QED) is 0.358. The van der Waals surface area contributed by atoms with Crippen LogP contribution in [0.25, 0.3) is 0 Å². The summed E-state index contributed by atoms with van der Waals surface area (Å²) in [6, 6.07) is 0. The fraction of sp³-hybridized carbons (Fsp3) is 0.800. The van der Waals surface area contributed by atoms with Crippen LogP contribution < -0.4 is 0 Å². The van der Waals surface area contributed by atoms with E-state index in [-0.39, 0.29) is 0 Å². The van der Waals surface area contributed by atoms with Crippen molar-refractivity contribution in [1.29, 1.82) is 0 Å². The second-order valence-electron chi connectivity index (χ2n) is 5.08. The Morgan fingerprint density at radius 3 is 0.767 bits per heavy atom. The first-order valence-corrected chi connectivity index (χ1v) is 6.03. The summed E-state index contributed by atoms with van der Waals surface area (Å²) < 4.78 is 254. The van der Waals surface area contributed by atoms with Gasteiger partial charge in [-0.05, 0) is 0 Å². The van der Waals surface area contributed by atoms with E-state index in [4.69, 9.17) is 0 Å². The molecule has 0 aromatic rings. The Labute approximate surface area is 149 Å². The Morgan fingerprint density at radius 1 is 0.367 bits per heavy atom. The molecule has 0 atom stereocenters. The third-order valence-electron chi connectivity index (χ3n) is 3.21. The first-order valence-electron chi connectivity index (χ1n) is 6.03. The Hall–Kier alpha value is -1.66. The van der Waals surface area contributed by atoms with Crippen LogP contribution >= 0.6 is 0 Å². The largest absolute Gasteiger partial charge is 0.454 e. The van der Waals surface area contributed by atoms with Gasteiger partial charge in [0.2, 0.25) is 11.2 Å². The molecular weight excluding hydrogens is 500 g/mol. The number of hydrogen-bond donors (Lipinski definition) is 0. The van der Waals surface area contributed by atoms with E-state index in [1.54, 1.807) is 0 Å². The third kappa shape index (κ3) is 3.96. The van der Waals surface area contributed by atoms with Crippen LogP contribution in [0.5, 0.6) is 0 Å². The van der Waals surface area contributed by atoms with Crippen molar-refractivity contribution in [1.82, 2.24) is 0 Å². The van der Waals surface area contributed by atoms with Crippen LogP contribution in [0.1, 0.15) is 0 Å². The minimum Gasteiger partial charge on any atom is -0.201 e. The minimum absolute atomic E-state index is 5.74. The Bertz CT molecular complexity index is 630. The minimum atomic E-state index is -9.18. The summed E-state index contributed by atoms with van der Waals surface area (Å²) in [5.74, 6) is -23.8. The lowest BCUT2D eigenvalue weighted by atomic mass is 9.66. The molecule has 0 amide bonds. The molecule has 0 nitrogen and oxygen atoms in total. The fourth-order valence-corrected chi connectivity index (χ4v) is 2.08. The zero-order valence-electron chi connectivity index (χ0n) is 12.6. The topological polar surface area (TPSA) is 0 Å². The van der Waals surface area contributed by atoms with Crippen molar-refractivity contribution in [2.24, 2.45) is 5.41 Å². The molecule has 0 bridgehead atoms. The molecule has 0 spiro atoms. The van der Waals surface area contributed by atoms with Gasteiger partial charge in [-0.25, -0.2) is 4.39 Å². The van der Waals surface area contributed by atoms with Crippen molar-refractivity contribution in [2.75, 3.05) is 0 Å². The number of rotatable bonds is 3. The van der Waals surface area contributed by atoms with Crippen molar-refractivity contribution in [2.45, 2.75) is 42.7 Å². The summed E-state index contributed by atoms with van der Waals surface area (Å²) in [6.07, 6.45) is -41.6. The predicted molar refractivity (Wildman–Crippen MR) is 50.7 cm³/mol. The van der Waals surface area contributed by atoms with Gasteiger partial charge in [-0.1, -0.05) is 0 Å². The second-order valence-corrected chi connectivity index (χ2v) is 5.08. The van der Waals surface area contributed by atoms with E-state index in [2.05, 4.69) is 0 Å². The molecule has 0 aliphatic carbocycles. The fourth-order valence-electron chi connectivity index (χ4n) is 2.08. The molecule has 180 valence electrons. The monoisotopic (exact) mass is 500 g/mol. The van der Waals surface area contributed by atoms with Crippen molar-refractivity contribution >= 4 is 0 Å². The predicted octanol–water partition coefficient (Wildman–Crippen LogP) is 7.28. The number of allylic oxidation sites excluding steroid dienone is 2. The van der Waals surface area contributed by atoms with Crippen LogP contribution in [-0.4, -0.2) is 42.7 Å². The maximum atomic E-state index is 13.4. The van der Waals surface area contributed by atoms with Gasteiger partial charge in [0.05, 0.1) is 0 Å². The van der Waals surface area contributed by atoms with Crippen LogP contribution in [0.2, 0.25) is 0 Å². The zero-order valence-corrected chi connectivity index (χ0v) is 12.6. The SMILES string of the molecule is FC(=C(C(F)(F)F)C(C(F)(F)F)(C(F)(F)C(F)(F)F)C(F)(F)C(F)(F)F)C(F)(F)F. The van der Waals surface area contributed by atoms with Gasteiger partial charge in [0.15, 0.2) is 0 Å². The summed E-state index contributed by atoms with van der Waals surface area (Å²) in [6.45, 7) is 0. The van der Waals surface area contributed by atoms with Crippen LogP contribution in [-0.2, 0) is 0 Å². The highest BCUT2D eigenvalue weighted by molar-refractivity contribution is 5.36. The Balaban J connectivity index is 8.46. The maximum absolute atomic E-state index is 13.4. The Morgan fingerprint density at radius 2 is 0.633 bits per heavy atom. The average Bonchev–Trinajstić information content (AvgIpc) is 2.36. The van der Waals surface area contributed by atoms with E-state index >= 15 is 0 Å². The summed E-state index contributed by atoms with van der Waals surface area (Å²) in [7, 11) is 0. The van der Waals surface area contributed by atoms with Gasteiger partial charge in [-0.3, -0.25) is 0 Å². The molecule has 0 fully saturated rings. The van der Waals surface area contributed by atoms with Gasteiger partial charge in [0, 0.05) is 0 Å². The molecule has 0 aromatic heterocycles. The lowest BCUT2D eigenvalue weighted by Crippen LogP contribution is -2.73. The van der Waals surface area contributed by atoms with Crippen molar-refractivity contribution in [3.63, 3.8) is 0 Å². The smallest absolute Gasteiger partial charge is 0.201 e. The van der Waals surface area contributed by atoms with Crippen molar-refractivity contribution < 1.29 is 87.8 Å². The summed E-state index contributed by atoms with van der Waals surface area (Å²) in [5, 5.41) is 0. The lowest BCUT2D eigenvalue weighted by molar-refractivity contribution is -0.457. The van der Waals surface area contributed by atoms with Crippen molar-refractivity contribution in [3.8, 4) is 0 Å². The van der Waals surface area contributed by atoms with E-state index < -0.39 is 59.5 Å². The Kier molecular flexibility index (Phi) is 6.54. The highest BCUT2D eigenvalue weighted by atomic mass is 19.4.